The second kappa shape index (κ2) is 8.85. The van der Waals surface area contributed by atoms with Crippen LogP contribution in [0.5, 0.6) is 11.5 Å². The molecule has 3 aliphatic rings. The molecule has 1 aromatic carbocycles. The van der Waals surface area contributed by atoms with Crippen molar-refractivity contribution in [2.75, 3.05) is 20.8 Å². The number of ether oxygens (including phenoxy) is 2. The maximum absolute atomic E-state index is 13.7. The third-order valence-electron chi connectivity index (χ3n) is 7.24. The van der Waals surface area contributed by atoms with E-state index in [1.165, 1.54) is 0 Å². The molecule has 0 saturated heterocycles. The molecule has 0 bridgehead atoms. The summed E-state index contributed by atoms with van der Waals surface area (Å²) in [5.74, 6) is 1.12. The Labute approximate surface area is 211 Å². The van der Waals surface area contributed by atoms with Crippen LogP contribution in [-0.4, -0.2) is 37.2 Å². The molecule has 4 rings (SSSR count). The number of carbonyl (C=O) groups is 2. The Morgan fingerprint density at radius 2 is 1.47 bits per heavy atom. The van der Waals surface area contributed by atoms with Gasteiger partial charge < -0.3 is 14.4 Å². The molecule has 0 amide bonds. The Morgan fingerprint density at radius 3 is 1.94 bits per heavy atom. The Morgan fingerprint density at radius 1 is 0.941 bits per heavy atom. The van der Waals surface area contributed by atoms with Crippen molar-refractivity contribution in [3.63, 3.8) is 0 Å². The first kappa shape index (κ1) is 25.0. The average molecular weight is 531 g/mol. The largest absolute Gasteiger partial charge is 0.493 e. The van der Waals surface area contributed by atoms with Crippen molar-refractivity contribution in [1.82, 2.24) is 4.90 Å². The predicted molar refractivity (Wildman–Crippen MR) is 137 cm³/mol. The lowest BCUT2D eigenvalue weighted by Crippen LogP contribution is -2.43. The van der Waals surface area contributed by atoms with Crippen LogP contribution >= 0.6 is 15.9 Å². The van der Waals surface area contributed by atoms with Crippen molar-refractivity contribution in [1.29, 1.82) is 0 Å². The van der Waals surface area contributed by atoms with Crippen LogP contribution in [0.25, 0.3) is 0 Å². The lowest BCUT2D eigenvalue weighted by Gasteiger charge is -2.48. The number of hydrogen-bond acceptors (Lipinski definition) is 5. The van der Waals surface area contributed by atoms with E-state index in [0.717, 1.165) is 51.8 Å². The average Bonchev–Trinajstić information content (AvgIpc) is 2.72. The number of nitrogens with zero attached hydrogens (tertiary/aromatic N) is 1. The molecule has 184 valence electrons. The highest BCUT2D eigenvalue weighted by atomic mass is 79.9. The zero-order valence-electron chi connectivity index (χ0n) is 21.4. The SMILES string of the molecule is CCCOc1cc(Br)c(C2C3=C(CC(C)(C)CC3=O)N(C)C3=C2C(=O)CC(C)(C)C3)cc1OC. The zero-order chi connectivity index (χ0) is 25.0. The van der Waals surface area contributed by atoms with Gasteiger partial charge in [0.1, 0.15) is 0 Å². The van der Waals surface area contributed by atoms with Gasteiger partial charge in [-0.25, -0.2) is 0 Å². The van der Waals surface area contributed by atoms with Gasteiger partial charge in [0.15, 0.2) is 23.1 Å². The van der Waals surface area contributed by atoms with E-state index in [9.17, 15) is 9.59 Å². The highest BCUT2D eigenvalue weighted by Gasteiger charge is 2.48. The monoisotopic (exact) mass is 529 g/mol. The number of methoxy groups -OCH3 is 1. The maximum atomic E-state index is 13.7. The van der Waals surface area contributed by atoms with E-state index < -0.39 is 5.92 Å². The molecule has 5 nitrogen and oxygen atoms in total. The van der Waals surface area contributed by atoms with E-state index in [1.54, 1.807) is 7.11 Å². The number of carbonyl (C=O) groups excluding carboxylic acids is 2. The minimum absolute atomic E-state index is 0.117. The first-order valence-corrected chi connectivity index (χ1v) is 12.9. The van der Waals surface area contributed by atoms with Crippen LogP contribution < -0.4 is 9.47 Å². The van der Waals surface area contributed by atoms with Gasteiger partial charge in [-0.1, -0.05) is 50.5 Å². The lowest BCUT2D eigenvalue weighted by atomic mass is 9.63. The van der Waals surface area contributed by atoms with Crippen molar-refractivity contribution in [3.05, 3.63) is 44.7 Å². The van der Waals surface area contributed by atoms with Gasteiger partial charge in [0.2, 0.25) is 0 Å². The van der Waals surface area contributed by atoms with Gasteiger partial charge in [-0.05, 0) is 47.8 Å². The number of Topliss-reactive ketones (excluding diaryl/α,β-unsaturated/α-hetero) is 2. The molecule has 0 fully saturated rings. The summed E-state index contributed by atoms with van der Waals surface area (Å²) in [6.07, 6.45) is 3.45. The van der Waals surface area contributed by atoms with Gasteiger partial charge in [0.05, 0.1) is 13.7 Å². The van der Waals surface area contributed by atoms with Gasteiger partial charge in [-0.15, -0.1) is 0 Å². The quantitative estimate of drug-likeness (QED) is 0.432. The van der Waals surface area contributed by atoms with Gasteiger partial charge >= 0.3 is 0 Å². The summed E-state index contributed by atoms with van der Waals surface area (Å²) in [6, 6.07) is 3.86. The highest BCUT2D eigenvalue weighted by molar-refractivity contribution is 9.10. The summed E-state index contributed by atoms with van der Waals surface area (Å²) in [4.78, 5) is 29.5. The van der Waals surface area contributed by atoms with Gasteiger partial charge in [0.25, 0.3) is 0 Å². The van der Waals surface area contributed by atoms with E-state index in [2.05, 4.69) is 55.4 Å². The van der Waals surface area contributed by atoms with Crippen LogP contribution in [0.4, 0.5) is 0 Å². The number of rotatable bonds is 5. The fraction of sp³-hybridized carbons (Fsp3) is 0.571. The Kier molecular flexibility index (Phi) is 6.52. The standard InChI is InChI=1S/C28H36BrNO4/c1-8-9-34-23-11-17(29)16(10-22(23)33-7)24-25-18(12-27(2,3)14-20(25)31)30(6)19-13-28(4,5)15-21(32)26(19)24/h10-11,24H,8-9,12-15H2,1-7H3. The van der Waals surface area contributed by atoms with E-state index in [1.807, 2.05) is 19.2 Å². The third-order valence-corrected chi connectivity index (χ3v) is 7.92. The summed E-state index contributed by atoms with van der Waals surface area (Å²) in [7, 11) is 3.65. The van der Waals surface area contributed by atoms with Crippen molar-refractivity contribution in [2.24, 2.45) is 10.8 Å². The molecular weight excluding hydrogens is 494 g/mol. The highest BCUT2D eigenvalue weighted by Crippen LogP contribution is 2.55. The molecule has 1 aliphatic heterocycles. The number of allylic oxidation sites excluding steroid dienone is 4. The molecule has 34 heavy (non-hydrogen) atoms. The fourth-order valence-electron chi connectivity index (χ4n) is 5.73. The van der Waals surface area contributed by atoms with Gasteiger partial charge in [-0.2, -0.15) is 0 Å². The molecule has 0 N–H and O–H groups in total. The zero-order valence-corrected chi connectivity index (χ0v) is 23.0. The Bertz CT molecular complexity index is 1060. The maximum Gasteiger partial charge on any atom is 0.162 e. The molecule has 6 heteroatoms. The summed E-state index contributed by atoms with van der Waals surface area (Å²) < 4.78 is 12.4. The summed E-state index contributed by atoms with van der Waals surface area (Å²) in [6.45, 7) is 11.2. The first-order valence-electron chi connectivity index (χ1n) is 12.2. The van der Waals surface area contributed by atoms with E-state index in [4.69, 9.17) is 9.47 Å². The fourth-order valence-corrected chi connectivity index (χ4v) is 6.28. The lowest BCUT2D eigenvalue weighted by molar-refractivity contribution is -0.119. The van der Waals surface area contributed by atoms with Crippen molar-refractivity contribution in [3.8, 4) is 11.5 Å². The van der Waals surface area contributed by atoms with E-state index in [-0.39, 0.29) is 22.4 Å². The van der Waals surface area contributed by atoms with Crippen LogP contribution in [-0.2, 0) is 9.59 Å². The van der Waals surface area contributed by atoms with E-state index in [0.29, 0.717) is 30.9 Å². The van der Waals surface area contributed by atoms with Gasteiger partial charge in [-0.3, -0.25) is 9.59 Å². The van der Waals surface area contributed by atoms with Crippen LogP contribution in [0, 0.1) is 10.8 Å². The number of ketones is 2. The number of benzene rings is 1. The summed E-state index contributed by atoms with van der Waals surface area (Å²) >= 11 is 3.75. The predicted octanol–water partition coefficient (Wildman–Crippen LogP) is 6.56. The molecule has 0 atom stereocenters. The Balaban J connectivity index is 1.96. The number of halogens is 1. The van der Waals surface area contributed by atoms with Crippen molar-refractivity contribution < 1.29 is 19.1 Å². The second-order valence-electron chi connectivity index (χ2n) is 11.5. The molecular formula is C28H36BrNO4. The van der Waals surface area contributed by atoms with Gasteiger partial charge in [0, 0.05) is 52.8 Å². The molecule has 1 heterocycles. The molecule has 0 radical (unpaired) electrons. The molecule has 1 aromatic rings. The minimum Gasteiger partial charge on any atom is -0.493 e. The molecule has 2 aliphatic carbocycles. The van der Waals surface area contributed by atoms with Crippen molar-refractivity contribution >= 4 is 27.5 Å². The normalized spacial score (nSPS) is 22.1. The topological polar surface area (TPSA) is 55.8 Å². The van der Waals surface area contributed by atoms with Crippen LogP contribution in [0.15, 0.2) is 39.1 Å². The minimum atomic E-state index is -0.406. The summed E-state index contributed by atoms with van der Waals surface area (Å²) in [5, 5.41) is 0. The second-order valence-corrected chi connectivity index (χ2v) is 12.3. The molecule has 0 aromatic heterocycles. The van der Waals surface area contributed by atoms with E-state index >= 15 is 0 Å². The van der Waals surface area contributed by atoms with Crippen LogP contribution in [0.1, 0.15) is 78.2 Å². The summed E-state index contributed by atoms with van der Waals surface area (Å²) in [5.41, 5.74) is 4.27. The van der Waals surface area contributed by atoms with Crippen LogP contribution in [0.3, 0.4) is 0 Å². The molecule has 0 saturated carbocycles. The third kappa shape index (κ3) is 4.34. The molecule has 0 unspecified atom stereocenters. The first-order chi connectivity index (χ1) is 15.9. The number of hydrogen-bond donors (Lipinski definition) is 0. The van der Waals surface area contributed by atoms with Crippen molar-refractivity contribution in [2.45, 2.75) is 72.6 Å². The van der Waals surface area contributed by atoms with Crippen LogP contribution in [0.2, 0.25) is 0 Å². The smallest absolute Gasteiger partial charge is 0.162 e. The Hall–Kier alpha value is -2.08. The molecule has 0 spiro atoms.